The molecule has 5 rings (SSSR count). The van der Waals surface area contributed by atoms with Crippen molar-refractivity contribution in [1.82, 2.24) is 13.8 Å². The summed E-state index contributed by atoms with van der Waals surface area (Å²) >= 11 is 0. The van der Waals surface area contributed by atoms with Crippen molar-refractivity contribution in [1.29, 1.82) is 0 Å². The largest absolute Gasteiger partial charge is 0.481 e. The number of carbonyl (C=O) groups is 1. The van der Waals surface area contributed by atoms with Crippen molar-refractivity contribution in [2.45, 2.75) is 53.1 Å². The molecular weight excluding hydrogens is 474 g/mol. The summed E-state index contributed by atoms with van der Waals surface area (Å²) in [7, 11) is 0. The molecule has 2 heterocycles. The number of carboxylic acids is 1. The van der Waals surface area contributed by atoms with Gasteiger partial charge in [-0.15, -0.1) is 0 Å². The van der Waals surface area contributed by atoms with Gasteiger partial charge in [-0.1, -0.05) is 36.8 Å². The van der Waals surface area contributed by atoms with Gasteiger partial charge in [0.05, 0.1) is 17.6 Å². The number of nitrogen functional groups attached to an aromatic ring is 1. The summed E-state index contributed by atoms with van der Waals surface area (Å²) in [5.74, 6) is 6.08. The number of aryl methyl sites for hydroxylation is 3. The van der Waals surface area contributed by atoms with Gasteiger partial charge in [0.2, 0.25) is 5.62 Å². The summed E-state index contributed by atoms with van der Waals surface area (Å²) in [6.45, 7) is 5.81. The Morgan fingerprint density at radius 1 is 1.08 bits per heavy atom. The second kappa shape index (κ2) is 8.95. The van der Waals surface area contributed by atoms with Gasteiger partial charge < -0.3 is 15.4 Å². The van der Waals surface area contributed by atoms with Gasteiger partial charge in [-0.2, -0.15) is 4.68 Å². The smallest absolute Gasteiger partial charge is 0.353 e. The van der Waals surface area contributed by atoms with Crippen LogP contribution in [0.3, 0.4) is 0 Å². The molecule has 192 valence electrons. The highest BCUT2D eigenvalue weighted by Crippen LogP contribution is 2.46. The molecule has 1 saturated carbocycles. The number of aliphatic carboxylic acids is 1. The van der Waals surface area contributed by atoms with E-state index in [9.17, 15) is 19.5 Å². The number of hydrogen-bond acceptors (Lipinski definition) is 6. The molecule has 3 N–H and O–H groups in total. The summed E-state index contributed by atoms with van der Waals surface area (Å²) in [5.41, 5.74) is 1.46. The average molecular weight is 504 g/mol. The molecule has 2 aromatic heterocycles. The predicted octanol–water partition coefficient (Wildman–Crippen LogP) is 2.60. The van der Waals surface area contributed by atoms with E-state index in [-0.39, 0.29) is 18.7 Å². The Labute approximate surface area is 211 Å². The number of rotatable bonds is 7. The van der Waals surface area contributed by atoms with Crippen molar-refractivity contribution < 1.29 is 14.3 Å². The molecule has 0 saturated heterocycles. The quantitative estimate of drug-likeness (QED) is 0.372. The molecule has 10 heteroatoms. The minimum absolute atomic E-state index is 0.0387. The van der Waals surface area contributed by atoms with Crippen molar-refractivity contribution in [3.63, 3.8) is 0 Å². The lowest BCUT2D eigenvalue weighted by Gasteiger charge is -2.16. The van der Waals surface area contributed by atoms with E-state index >= 15 is 0 Å². The predicted molar refractivity (Wildman–Crippen MR) is 138 cm³/mol. The van der Waals surface area contributed by atoms with E-state index in [2.05, 4.69) is 4.99 Å². The van der Waals surface area contributed by atoms with E-state index in [0.29, 0.717) is 18.5 Å². The van der Waals surface area contributed by atoms with Crippen LogP contribution < -0.4 is 22.8 Å². The Kier molecular flexibility index (Phi) is 5.89. The molecule has 0 radical (unpaired) electrons. The first kappa shape index (κ1) is 24.4. The lowest BCUT2D eigenvalue weighted by atomic mass is 10.1. The molecule has 0 bridgehead atoms. The monoisotopic (exact) mass is 503 g/mol. The number of carboxylic acid groups (broad SMARTS) is 1. The number of nitrogens with two attached hydrogens (primary N) is 1. The highest BCUT2D eigenvalue weighted by atomic mass is 16.4. The first-order chi connectivity index (χ1) is 17.6. The molecule has 0 amide bonds. The Morgan fingerprint density at radius 2 is 1.78 bits per heavy atom. The fraction of sp³-hybridized carbons (Fsp3) is 0.333. The van der Waals surface area contributed by atoms with Gasteiger partial charge in [0.1, 0.15) is 11.3 Å². The van der Waals surface area contributed by atoms with Crippen LogP contribution in [0.25, 0.3) is 11.0 Å². The third-order valence-electron chi connectivity index (χ3n) is 7.15. The first-order valence-corrected chi connectivity index (χ1v) is 12.2. The number of furan rings is 1. The summed E-state index contributed by atoms with van der Waals surface area (Å²) in [6, 6.07) is 13.0. The summed E-state index contributed by atoms with van der Waals surface area (Å²) in [4.78, 5) is 43.3. The van der Waals surface area contributed by atoms with Gasteiger partial charge in [0, 0.05) is 18.4 Å². The fourth-order valence-electron chi connectivity index (χ4n) is 4.60. The number of fused-ring (bicyclic) bond motifs is 1. The van der Waals surface area contributed by atoms with E-state index in [1.165, 1.54) is 4.57 Å². The van der Waals surface area contributed by atoms with Gasteiger partial charge in [-0.05, 0) is 56.0 Å². The minimum atomic E-state index is -1.13. The average Bonchev–Trinajstić information content (AvgIpc) is 3.61. The lowest BCUT2D eigenvalue weighted by molar-refractivity contribution is -0.144. The molecule has 37 heavy (non-hydrogen) atoms. The normalized spacial score (nSPS) is 14.8. The third-order valence-corrected chi connectivity index (χ3v) is 7.15. The van der Waals surface area contributed by atoms with Gasteiger partial charge in [-0.3, -0.25) is 9.36 Å². The number of benzene rings is 2. The molecule has 1 aliphatic rings. The molecule has 10 nitrogen and oxygen atoms in total. The molecule has 1 fully saturated rings. The maximum atomic E-state index is 13.7. The molecule has 0 spiro atoms. The van der Waals surface area contributed by atoms with Crippen LogP contribution in [0.4, 0.5) is 5.69 Å². The molecule has 0 aliphatic heterocycles. The zero-order valence-corrected chi connectivity index (χ0v) is 21.0. The highest BCUT2D eigenvalue weighted by Gasteiger charge is 2.51. The topological polar surface area (TPSA) is 138 Å². The fourth-order valence-corrected chi connectivity index (χ4v) is 4.60. The molecule has 0 atom stereocenters. The Morgan fingerprint density at radius 3 is 2.41 bits per heavy atom. The van der Waals surface area contributed by atoms with Crippen LogP contribution in [0.2, 0.25) is 0 Å². The highest BCUT2D eigenvalue weighted by molar-refractivity contribution is 5.84. The van der Waals surface area contributed by atoms with Crippen molar-refractivity contribution in [2.24, 2.45) is 10.4 Å². The molecule has 0 unspecified atom stereocenters. The van der Waals surface area contributed by atoms with Crippen molar-refractivity contribution in [3.05, 3.63) is 91.5 Å². The van der Waals surface area contributed by atoms with Crippen molar-refractivity contribution >= 4 is 22.6 Å². The van der Waals surface area contributed by atoms with Crippen molar-refractivity contribution in [3.8, 4) is 0 Å². The van der Waals surface area contributed by atoms with Crippen LogP contribution in [0.15, 0.2) is 61.5 Å². The molecule has 2 aromatic carbocycles. The Hall–Kier alpha value is -4.34. The van der Waals surface area contributed by atoms with E-state index in [1.54, 1.807) is 12.1 Å². The van der Waals surface area contributed by atoms with E-state index in [0.717, 1.165) is 49.1 Å². The summed E-state index contributed by atoms with van der Waals surface area (Å²) < 4.78 is 8.93. The van der Waals surface area contributed by atoms with Crippen LogP contribution in [0.5, 0.6) is 0 Å². The molecule has 1 aliphatic carbocycles. The number of aromatic nitrogens is 3. The van der Waals surface area contributed by atoms with E-state index in [4.69, 9.17) is 10.3 Å². The van der Waals surface area contributed by atoms with Crippen molar-refractivity contribution in [2.75, 3.05) is 5.84 Å². The summed E-state index contributed by atoms with van der Waals surface area (Å²) in [6.07, 6.45) is 1.54. The zero-order valence-electron chi connectivity index (χ0n) is 21.0. The second-order valence-electron chi connectivity index (χ2n) is 9.77. The van der Waals surface area contributed by atoms with Gasteiger partial charge in [-0.25, -0.2) is 19.1 Å². The van der Waals surface area contributed by atoms with Crippen LogP contribution in [0, 0.1) is 19.3 Å². The Balaban J connectivity index is 1.72. The standard InChI is InChI=1S/C27H29N5O5/c1-4-21-17(3)20-13-19(9-10-22(20)37-21)29-24-30(14-18-7-5-16(2)6-8-18)25(35)31(26(36)32(24)28)15-27(11-12-27)23(33)34/h5-10,13H,4,11-12,14-15,28H2,1-3H3,(H,33,34)/b29-24-. The van der Waals surface area contributed by atoms with Gasteiger partial charge in [0.25, 0.3) is 0 Å². The third kappa shape index (κ3) is 4.28. The van der Waals surface area contributed by atoms with E-state index in [1.807, 2.05) is 51.1 Å². The van der Waals surface area contributed by atoms with E-state index < -0.39 is 22.8 Å². The van der Waals surface area contributed by atoms with Gasteiger partial charge >= 0.3 is 17.3 Å². The molecular formula is C27H29N5O5. The van der Waals surface area contributed by atoms with Crippen LogP contribution >= 0.6 is 0 Å². The van der Waals surface area contributed by atoms with Crippen LogP contribution in [-0.4, -0.2) is 24.9 Å². The maximum Gasteiger partial charge on any atom is 0.353 e. The number of nitrogens with zero attached hydrogens (tertiary/aromatic N) is 4. The zero-order chi connectivity index (χ0) is 26.5. The SMILES string of the molecule is CCc1oc2ccc(/N=c3\n(N)c(=O)n(CC4(C(=O)O)CC4)c(=O)n3Cc3ccc(C)cc3)cc2c1C. The lowest BCUT2D eigenvalue weighted by Crippen LogP contribution is -2.58. The van der Waals surface area contributed by atoms with Crippen LogP contribution in [-0.2, 0) is 24.3 Å². The Bertz CT molecular complexity index is 1720. The van der Waals surface area contributed by atoms with Crippen LogP contribution in [0.1, 0.15) is 42.2 Å². The maximum absolute atomic E-state index is 13.7. The summed E-state index contributed by atoms with van der Waals surface area (Å²) in [5, 5.41) is 10.5. The molecule has 4 aromatic rings. The minimum Gasteiger partial charge on any atom is -0.481 e. The first-order valence-electron chi connectivity index (χ1n) is 12.2. The number of hydrogen-bond donors (Lipinski definition) is 2. The second-order valence-corrected chi connectivity index (χ2v) is 9.77. The van der Waals surface area contributed by atoms with Gasteiger partial charge in [0.15, 0.2) is 0 Å².